The van der Waals surface area contributed by atoms with Crippen LogP contribution >= 0.6 is 0 Å². The summed E-state index contributed by atoms with van der Waals surface area (Å²) in [5.41, 5.74) is 0. The van der Waals surface area contributed by atoms with Crippen molar-refractivity contribution in [3.05, 3.63) is 0 Å². The van der Waals surface area contributed by atoms with Crippen molar-refractivity contribution in [1.82, 2.24) is 19.2 Å². The highest BCUT2D eigenvalue weighted by Crippen LogP contribution is 2.02. The summed E-state index contributed by atoms with van der Waals surface area (Å²) in [6.45, 7) is 7.45. The molecule has 0 saturated carbocycles. The van der Waals surface area contributed by atoms with E-state index in [0.29, 0.717) is 26.2 Å². The highest BCUT2D eigenvalue weighted by atomic mass is 32.2. The maximum absolute atomic E-state index is 12.1. The van der Waals surface area contributed by atoms with Crippen LogP contribution in [-0.4, -0.2) is 69.3 Å². The van der Waals surface area contributed by atoms with E-state index in [4.69, 9.17) is 0 Å². The monoisotopic (exact) mass is 306 g/mol. The van der Waals surface area contributed by atoms with Crippen molar-refractivity contribution in [3.63, 3.8) is 0 Å². The van der Waals surface area contributed by atoms with Gasteiger partial charge in [0, 0.05) is 39.3 Å². The van der Waals surface area contributed by atoms with Gasteiger partial charge in [-0.25, -0.2) is 0 Å². The lowest BCUT2D eigenvalue weighted by Crippen LogP contribution is -2.51. The van der Waals surface area contributed by atoms with Gasteiger partial charge >= 0.3 is 0 Å². The van der Waals surface area contributed by atoms with Crippen molar-refractivity contribution < 1.29 is 13.2 Å². The lowest BCUT2D eigenvalue weighted by molar-refractivity contribution is -0.130. The summed E-state index contributed by atoms with van der Waals surface area (Å²) in [7, 11) is -3.56. The number of amides is 1. The van der Waals surface area contributed by atoms with Crippen molar-refractivity contribution in [2.45, 2.75) is 26.7 Å². The molecule has 7 nitrogen and oxygen atoms in total. The van der Waals surface area contributed by atoms with Gasteiger partial charge in [0.25, 0.3) is 10.2 Å². The van der Waals surface area contributed by atoms with Crippen LogP contribution in [0.5, 0.6) is 0 Å². The van der Waals surface area contributed by atoms with E-state index in [0.717, 1.165) is 25.9 Å². The fourth-order valence-electron chi connectivity index (χ4n) is 2.12. The van der Waals surface area contributed by atoms with E-state index >= 15 is 0 Å². The summed E-state index contributed by atoms with van der Waals surface area (Å²) in [6.07, 6.45) is 1.51. The fourth-order valence-corrected chi connectivity index (χ4v) is 3.46. The van der Waals surface area contributed by atoms with Crippen LogP contribution < -0.4 is 10.0 Å². The summed E-state index contributed by atoms with van der Waals surface area (Å²) < 4.78 is 28.1. The Bertz CT molecular complexity index is 388. The van der Waals surface area contributed by atoms with Gasteiger partial charge in [0.15, 0.2) is 0 Å². The topological polar surface area (TPSA) is 81.8 Å². The Morgan fingerprint density at radius 1 is 1.20 bits per heavy atom. The highest BCUT2D eigenvalue weighted by Gasteiger charge is 2.23. The van der Waals surface area contributed by atoms with E-state index in [1.54, 1.807) is 4.90 Å². The first-order valence-electron chi connectivity index (χ1n) is 7.24. The molecule has 2 N–H and O–H groups in total. The number of hydrogen-bond donors (Lipinski definition) is 2. The maximum atomic E-state index is 12.1. The van der Waals surface area contributed by atoms with Crippen molar-refractivity contribution in [1.29, 1.82) is 0 Å². The first-order valence-corrected chi connectivity index (χ1v) is 8.68. The van der Waals surface area contributed by atoms with Gasteiger partial charge in [-0.1, -0.05) is 13.8 Å². The number of hydrogen-bond acceptors (Lipinski definition) is 4. The third kappa shape index (κ3) is 5.35. The van der Waals surface area contributed by atoms with Crippen molar-refractivity contribution >= 4 is 16.1 Å². The Hall–Kier alpha value is -0.700. The molecule has 1 heterocycles. The normalized spacial score (nSPS) is 16.6. The predicted molar refractivity (Wildman–Crippen MR) is 78.5 cm³/mol. The van der Waals surface area contributed by atoms with E-state index in [2.05, 4.69) is 10.0 Å². The van der Waals surface area contributed by atoms with Crippen LogP contribution in [0.3, 0.4) is 0 Å². The second-order valence-corrected chi connectivity index (χ2v) is 6.61. The molecule has 0 aromatic heterocycles. The molecule has 20 heavy (non-hydrogen) atoms. The average molecular weight is 306 g/mol. The molecule has 0 aliphatic carbocycles. The van der Waals surface area contributed by atoms with Gasteiger partial charge in [0.05, 0.1) is 6.54 Å². The molecule has 0 aromatic rings. The van der Waals surface area contributed by atoms with Gasteiger partial charge in [-0.05, 0) is 12.8 Å². The summed E-state index contributed by atoms with van der Waals surface area (Å²) in [4.78, 5) is 13.6. The summed E-state index contributed by atoms with van der Waals surface area (Å²) in [6, 6.07) is 0. The van der Waals surface area contributed by atoms with Crippen LogP contribution in [0.15, 0.2) is 0 Å². The molecule has 1 aliphatic rings. The molecule has 1 amide bonds. The van der Waals surface area contributed by atoms with E-state index in [9.17, 15) is 13.2 Å². The van der Waals surface area contributed by atoms with Crippen LogP contribution in [0, 0.1) is 0 Å². The van der Waals surface area contributed by atoms with Crippen LogP contribution in [0.2, 0.25) is 0 Å². The Kier molecular flexibility index (Phi) is 7.42. The van der Waals surface area contributed by atoms with Crippen molar-refractivity contribution in [2.24, 2.45) is 0 Å². The molecular weight excluding hydrogens is 280 g/mol. The molecule has 1 fully saturated rings. The largest absolute Gasteiger partial charge is 0.339 e. The first kappa shape index (κ1) is 17.4. The zero-order chi connectivity index (χ0) is 15.0. The quantitative estimate of drug-likeness (QED) is 0.626. The lowest BCUT2D eigenvalue weighted by atomic mass is 10.3. The zero-order valence-corrected chi connectivity index (χ0v) is 13.2. The van der Waals surface area contributed by atoms with Crippen molar-refractivity contribution in [3.8, 4) is 0 Å². The molecule has 8 heteroatoms. The summed E-state index contributed by atoms with van der Waals surface area (Å²) >= 11 is 0. The molecule has 1 rings (SSSR count). The molecular formula is C12H26N4O3S. The summed E-state index contributed by atoms with van der Waals surface area (Å²) in [5, 5.41) is 3.15. The number of piperazine rings is 1. The number of nitrogens with zero attached hydrogens (tertiary/aromatic N) is 2. The SMILES string of the molecule is CCCN(CCC)S(=O)(=O)NCC(=O)N1CCNCC1. The number of carbonyl (C=O) groups excluding carboxylic acids is 1. The zero-order valence-electron chi connectivity index (χ0n) is 12.4. The third-order valence-electron chi connectivity index (χ3n) is 3.16. The van der Waals surface area contributed by atoms with Crippen LogP contribution in [-0.2, 0) is 15.0 Å². The molecule has 0 bridgehead atoms. The first-order chi connectivity index (χ1) is 9.51. The molecule has 0 radical (unpaired) electrons. The Balaban J connectivity index is 2.50. The molecule has 0 unspecified atom stereocenters. The minimum atomic E-state index is -3.56. The Morgan fingerprint density at radius 3 is 2.25 bits per heavy atom. The Morgan fingerprint density at radius 2 is 1.75 bits per heavy atom. The van der Waals surface area contributed by atoms with Crippen LogP contribution in [0.1, 0.15) is 26.7 Å². The number of nitrogens with one attached hydrogen (secondary N) is 2. The second-order valence-electron chi connectivity index (χ2n) is 4.86. The predicted octanol–water partition coefficient (Wildman–Crippen LogP) is -0.625. The lowest BCUT2D eigenvalue weighted by Gasteiger charge is -2.28. The standard InChI is InChI=1S/C12H26N4O3S/c1-3-7-16(8-4-2)20(18,19)14-11-12(17)15-9-5-13-6-10-15/h13-14H,3-11H2,1-2H3. The van der Waals surface area contributed by atoms with Gasteiger partial charge in [-0.2, -0.15) is 17.4 Å². The maximum Gasteiger partial charge on any atom is 0.279 e. The molecule has 1 saturated heterocycles. The smallest absolute Gasteiger partial charge is 0.279 e. The number of rotatable bonds is 8. The van der Waals surface area contributed by atoms with Gasteiger partial charge in [-0.3, -0.25) is 4.79 Å². The van der Waals surface area contributed by atoms with Crippen molar-refractivity contribution in [2.75, 3.05) is 45.8 Å². The molecule has 1 aliphatic heterocycles. The van der Waals surface area contributed by atoms with E-state index < -0.39 is 10.2 Å². The molecule has 0 aromatic carbocycles. The van der Waals surface area contributed by atoms with Gasteiger partial charge in [0.1, 0.15) is 0 Å². The van der Waals surface area contributed by atoms with Crippen LogP contribution in [0.4, 0.5) is 0 Å². The van der Waals surface area contributed by atoms with Gasteiger partial charge < -0.3 is 10.2 Å². The van der Waals surface area contributed by atoms with Gasteiger partial charge in [0.2, 0.25) is 5.91 Å². The minimum absolute atomic E-state index is 0.160. The third-order valence-corrected chi connectivity index (χ3v) is 4.72. The van der Waals surface area contributed by atoms with E-state index in [1.165, 1.54) is 4.31 Å². The molecule has 118 valence electrons. The molecule has 0 spiro atoms. The highest BCUT2D eigenvalue weighted by molar-refractivity contribution is 7.87. The Labute approximate surface area is 121 Å². The van der Waals surface area contributed by atoms with E-state index in [-0.39, 0.29) is 12.5 Å². The summed E-state index contributed by atoms with van der Waals surface area (Å²) in [5.74, 6) is -0.164. The van der Waals surface area contributed by atoms with Gasteiger partial charge in [-0.15, -0.1) is 0 Å². The van der Waals surface area contributed by atoms with E-state index in [1.807, 2.05) is 13.8 Å². The van der Waals surface area contributed by atoms with Crippen LogP contribution in [0.25, 0.3) is 0 Å². The minimum Gasteiger partial charge on any atom is -0.339 e. The molecule has 0 atom stereocenters. The second kappa shape index (κ2) is 8.56. The fraction of sp³-hybridized carbons (Fsp3) is 0.917. The average Bonchev–Trinajstić information content (AvgIpc) is 2.45. The number of carbonyl (C=O) groups is 1.